The molecule has 0 unspecified atom stereocenters. The first-order chi connectivity index (χ1) is 6.57. The highest BCUT2D eigenvalue weighted by Crippen LogP contribution is 2.29. The first-order valence-electron chi connectivity index (χ1n) is 4.32. The first kappa shape index (κ1) is 9.45. The van der Waals surface area contributed by atoms with E-state index in [0.717, 1.165) is 6.07 Å². The molecule has 0 bridgehead atoms. The predicted octanol–water partition coefficient (Wildman–Crippen LogP) is 1.79. The maximum Gasteiger partial charge on any atom is 0.433 e. The number of aromatic nitrogens is 1. The Bertz CT molecular complexity index is 331. The largest absolute Gasteiger partial charge is 0.433 e. The first-order valence-corrected chi connectivity index (χ1v) is 4.32. The molecule has 1 saturated heterocycles. The van der Waals surface area contributed by atoms with Crippen LogP contribution in [0.3, 0.4) is 0 Å². The monoisotopic (exact) mass is 202 g/mol. The van der Waals surface area contributed by atoms with Gasteiger partial charge in [0.25, 0.3) is 0 Å². The summed E-state index contributed by atoms with van der Waals surface area (Å²) in [5, 5.41) is 3.00. The van der Waals surface area contributed by atoms with Crippen molar-refractivity contribution in [3.63, 3.8) is 0 Å². The number of rotatable bonds is 1. The van der Waals surface area contributed by atoms with E-state index in [1.807, 2.05) is 0 Å². The zero-order chi connectivity index (χ0) is 10.2. The summed E-state index contributed by atoms with van der Waals surface area (Å²) in [5.74, 6) is 0.136. The van der Waals surface area contributed by atoms with Gasteiger partial charge in [0.05, 0.1) is 0 Å². The lowest BCUT2D eigenvalue weighted by Gasteiger charge is -2.26. The molecule has 2 rings (SSSR count). The van der Waals surface area contributed by atoms with Crippen molar-refractivity contribution in [3.05, 3.63) is 29.6 Å². The van der Waals surface area contributed by atoms with Crippen molar-refractivity contribution >= 4 is 0 Å². The number of hydrogen-bond donors (Lipinski definition) is 1. The Kier molecular flexibility index (Phi) is 2.19. The van der Waals surface area contributed by atoms with Crippen LogP contribution in [-0.2, 0) is 6.18 Å². The van der Waals surface area contributed by atoms with Crippen LogP contribution in [0.5, 0.6) is 0 Å². The lowest BCUT2D eigenvalue weighted by atomic mass is 9.98. The van der Waals surface area contributed by atoms with Crippen molar-refractivity contribution in [1.29, 1.82) is 0 Å². The van der Waals surface area contributed by atoms with E-state index in [2.05, 4.69) is 10.3 Å². The van der Waals surface area contributed by atoms with Gasteiger partial charge in [0.15, 0.2) is 0 Å². The highest BCUT2D eigenvalue weighted by atomic mass is 19.4. The molecule has 0 spiro atoms. The molecule has 1 N–H and O–H groups in total. The normalized spacial score (nSPS) is 17.9. The van der Waals surface area contributed by atoms with Gasteiger partial charge in [-0.15, -0.1) is 0 Å². The predicted molar refractivity (Wildman–Crippen MR) is 44.8 cm³/mol. The fourth-order valence-corrected chi connectivity index (χ4v) is 1.33. The SMILES string of the molecule is FC(F)(F)c1cccc(C2CNC2)n1. The molecule has 2 nitrogen and oxygen atoms in total. The van der Waals surface area contributed by atoms with Gasteiger partial charge in [0.1, 0.15) is 5.69 Å². The van der Waals surface area contributed by atoms with Gasteiger partial charge in [0, 0.05) is 24.7 Å². The molecule has 0 saturated carbocycles. The van der Waals surface area contributed by atoms with Gasteiger partial charge in [0.2, 0.25) is 0 Å². The van der Waals surface area contributed by atoms with E-state index in [4.69, 9.17) is 0 Å². The van der Waals surface area contributed by atoms with Crippen LogP contribution in [0.2, 0.25) is 0 Å². The van der Waals surface area contributed by atoms with Gasteiger partial charge in [-0.05, 0) is 12.1 Å². The standard InChI is InChI=1S/C9H9F3N2/c10-9(11,12)8-3-1-2-7(14-8)6-4-13-5-6/h1-3,6,13H,4-5H2. The fourth-order valence-electron chi connectivity index (χ4n) is 1.33. The average molecular weight is 202 g/mol. The van der Waals surface area contributed by atoms with Crippen LogP contribution in [0.4, 0.5) is 13.2 Å². The van der Waals surface area contributed by atoms with Gasteiger partial charge >= 0.3 is 6.18 Å². The average Bonchev–Trinajstić information content (AvgIpc) is 2.00. The van der Waals surface area contributed by atoms with E-state index in [-0.39, 0.29) is 5.92 Å². The zero-order valence-electron chi connectivity index (χ0n) is 7.30. The molecule has 0 atom stereocenters. The topological polar surface area (TPSA) is 24.9 Å². The number of halogens is 3. The van der Waals surface area contributed by atoms with Crippen molar-refractivity contribution in [2.24, 2.45) is 0 Å². The summed E-state index contributed by atoms with van der Waals surface area (Å²) < 4.78 is 36.8. The Labute approximate surface area is 79.2 Å². The quantitative estimate of drug-likeness (QED) is 0.750. The van der Waals surface area contributed by atoms with Crippen molar-refractivity contribution in [2.75, 3.05) is 13.1 Å². The highest BCUT2D eigenvalue weighted by molar-refractivity contribution is 5.19. The lowest BCUT2D eigenvalue weighted by molar-refractivity contribution is -0.141. The number of alkyl halides is 3. The second-order valence-electron chi connectivity index (χ2n) is 3.30. The molecule has 0 radical (unpaired) electrons. The Morgan fingerprint density at radius 1 is 1.29 bits per heavy atom. The van der Waals surface area contributed by atoms with E-state index in [0.29, 0.717) is 18.8 Å². The van der Waals surface area contributed by atoms with Crippen LogP contribution < -0.4 is 5.32 Å². The molecule has 1 aromatic rings. The maximum absolute atomic E-state index is 12.3. The smallest absolute Gasteiger partial charge is 0.315 e. The van der Waals surface area contributed by atoms with Crippen molar-refractivity contribution in [2.45, 2.75) is 12.1 Å². The summed E-state index contributed by atoms with van der Waals surface area (Å²) in [4.78, 5) is 3.60. The highest BCUT2D eigenvalue weighted by Gasteiger charge is 2.33. The van der Waals surface area contributed by atoms with Crippen LogP contribution in [-0.4, -0.2) is 18.1 Å². The van der Waals surface area contributed by atoms with Crippen LogP contribution in [0.15, 0.2) is 18.2 Å². The van der Waals surface area contributed by atoms with Gasteiger partial charge in [-0.3, -0.25) is 0 Å². The van der Waals surface area contributed by atoms with Crippen LogP contribution in [0, 0.1) is 0 Å². The Hall–Kier alpha value is -1.10. The molecule has 5 heteroatoms. The van der Waals surface area contributed by atoms with Crippen LogP contribution in [0.25, 0.3) is 0 Å². The van der Waals surface area contributed by atoms with Crippen molar-refractivity contribution < 1.29 is 13.2 Å². The third-order valence-corrected chi connectivity index (χ3v) is 2.26. The second-order valence-corrected chi connectivity index (χ2v) is 3.30. The Balaban J connectivity index is 2.26. The molecular formula is C9H9F3N2. The maximum atomic E-state index is 12.3. The summed E-state index contributed by atoms with van der Waals surface area (Å²) in [6.45, 7) is 1.43. The number of nitrogens with zero attached hydrogens (tertiary/aromatic N) is 1. The zero-order valence-corrected chi connectivity index (χ0v) is 7.30. The Morgan fingerprint density at radius 2 is 2.00 bits per heavy atom. The fraction of sp³-hybridized carbons (Fsp3) is 0.444. The summed E-state index contributed by atoms with van der Waals surface area (Å²) in [7, 11) is 0. The summed E-state index contributed by atoms with van der Waals surface area (Å²) in [6, 6.07) is 4.04. The van der Waals surface area contributed by atoms with Crippen molar-refractivity contribution in [3.8, 4) is 0 Å². The minimum Gasteiger partial charge on any atom is -0.315 e. The number of hydrogen-bond acceptors (Lipinski definition) is 2. The van der Waals surface area contributed by atoms with Crippen LogP contribution >= 0.6 is 0 Å². The van der Waals surface area contributed by atoms with Gasteiger partial charge in [-0.25, -0.2) is 4.98 Å². The van der Waals surface area contributed by atoms with E-state index in [9.17, 15) is 13.2 Å². The van der Waals surface area contributed by atoms with Crippen molar-refractivity contribution in [1.82, 2.24) is 10.3 Å². The third kappa shape index (κ3) is 1.72. The molecule has 1 fully saturated rings. The van der Waals surface area contributed by atoms with E-state index < -0.39 is 11.9 Å². The minimum absolute atomic E-state index is 0.136. The molecule has 0 amide bonds. The van der Waals surface area contributed by atoms with Gasteiger partial charge in [-0.2, -0.15) is 13.2 Å². The molecule has 1 aromatic heterocycles. The summed E-state index contributed by atoms with van der Waals surface area (Å²) in [5.41, 5.74) is -0.277. The van der Waals surface area contributed by atoms with Gasteiger partial charge in [-0.1, -0.05) is 6.07 Å². The third-order valence-electron chi connectivity index (χ3n) is 2.26. The molecule has 14 heavy (non-hydrogen) atoms. The second kappa shape index (κ2) is 3.24. The minimum atomic E-state index is -4.34. The number of nitrogens with one attached hydrogen (secondary N) is 1. The summed E-state index contributed by atoms with van der Waals surface area (Å²) >= 11 is 0. The molecule has 1 aliphatic rings. The molecule has 1 aliphatic heterocycles. The molecule has 76 valence electrons. The Morgan fingerprint density at radius 3 is 2.50 bits per heavy atom. The molecule has 0 aliphatic carbocycles. The van der Waals surface area contributed by atoms with E-state index >= 15 is 0 Å². The molecular weight excluding hydrogens is 193 g/mol. The van der Waals surface area contributed by atoms with Gasteiger partial charge < -0.3 is 5.32 Å². The van der Waals surface area contributed by atoms with E-state index in [1.54, 1.807) is 6.07 Å². The summed E-state index contributed by atoms with van der Waals surface area (Å²) in [6.07, 6.45) is -4.34. The van der Waals surface area contributed by atoms with Crippen LogP contribution in [0.1, 0.15) is 17.3 Å². The lowest BCUT2D eigenvalue weighted by Crippen LogP contribution is -2.40. The molecule has 2 heterocycles. The molecule has 0 aromatic carbocycles. The van der Waals surface area contributed by atoms with E-state index in [1.165, 1.54) is 6.07 Å². The number of pyridine rings is 1.